The zero-order chi connectivity index (χ0) is 22.6. The Morgan fingerprint density at radius 3 is 2.61 bits per heavy atom. The van der Waals surface area contributed by atoms with Gasteiger partial charge in [0, 0.05) is 42.4 Å². The van der Waals surface area contributed by atoms with Gasteiger partial charge in [0.25, 0.3) is 0 Å². The fourth-order valence-corrected chi connectivity index (χ4v) is 4.40. The van der Waals surface area contributed by atoms with Crippen LogP contribution in [0.25, 0.3) is 32.6 Å². The van der Waals surface area contributed by atoms with E-state index in [4.69, 9.17) is 4.74 Å². The summed E-state index contributed by atoms with van der Waals surface area (Å²) in [5.74, 6) is 0.841. The molecule has 0 amide bonds. The third-order valence-electron chi connectivity index (χ3n) is 6.11. The summed E-state index contributed by atoms with van der Waals surface area (Å²) in [7, 11) is 1.70. The van der Waals surface area contributed by atoms with Crippen molar-refractivity contribution in [3.8, 4) is 5.75 Å². The number of ether oxygens (including phenoxy) is 1. The molecule has 0 saturated carbocycles. The number of hydrogen-bond donors (Lipinski definition) is 2. The van der Waals surface area contributed by atoms with Crippen LogP contribution in [0.1, 0.15) is 19.8 Å². The summed E-state index contributed by atoms with van der Waals surface area (Å²) in [6, 6.07) is 23.5. The number of fused-ring (bicyclic) bond motifs is 3. The van der Waals surface area contributed by atoms with E-state index in [1.54, 1.807) is 7.11 Å². The minimum atomic E-state index is 0.351. The first-order valence-corrected chi connectivity index (χ1v) is 11.5. The molecule has 2 heterocycles. The van der Waals surface area contributed by atoms with Gasteiger partial charge >= 0.3 is 0 Å². The molecule has 0 fully saturated rings. The highest BCUT2D eigenvalue weighted by molar-refractivity contribution is 6.00. The zero-order valence-electron chi connectivity index (χ0n) is 19.1. The average Bonchev–Trinajstić information content (AvgIpc) is 2.85. The lowest BCUT2D eigenvalue weighted by Gasteiger charge is -2.17. The molecule has 0 spiro atoms. The molecule has 0 radical (unpaired) electrons. The Morgan fingerprint density at radius 2 is 1.76 bits per heavy atom. The minimum absolute atomic E-state index is 0.351. The maximum Gasteiger partial charge on any atom is 0.213 e. The van der Waals surface area contributed by atoms with Crippen molar-refractivity contribution in [2.45, 2.75) is 25.8 Å². The minimum Gasteiger partial charge on any atom is -0.497 e. The molecule has 0 aliphatic rings. The highest BCUT2D eigenvalue weighted by Crippen LogP contribution is 2.28. The van der Waals surface area contributed by atoms with Gasteiger partial charge < -0.3 is 15.4 Å². The third-order valence-corrected chi connectivity index (χ3v) is 6.11. The van der Waals surface area contributed by atoms with Crippen molar-refractivity contribution in [3.63, 3.8) is 0 Å². The predicted molar refractivity (Wildman–Crippen MR) is 137 cm³/mol. The van der Waals surface area contributed by atoms with Crippen molar-refractivity contribution < 1.29 is 9.72 Å². The van der Waals surface area contributed by atoms with Crippen LogP contribution in [0.15, 0.2) is 79.1 Å². The summed E-state index contributed by atoms with van der Waals surface area (Å²) in [6.07, 6.45) is 5.93. The van der Waals surface area contributed by atoms with E-state index in [-0.39, 0.29) is 0 Å². The molecule has 0 bridgehead atoms. The summed E-state index contributed by atoms with van der Waals surface area (Å²) in [5.41, 5.74) is 4.30. The van der Waals surface area contributed by atoms with Crippen LogP contribution in [0.4, 0.5) is 11.4 Å². The molecule has 5 heteroatoms. The van der Waals surface area contributed by atoms with E-state index in [9.17, 15) is 0 Å². The summed E-state index contributed by atoms with van der Waals surface area (Å²) >= 11 is 0. The Morgan fingerprint density at radius 1 is 0.939 bits per heavy atom. The van der Waals surface area contributed by atoms with Gasteiger partial charge in [0.05, 0.1) is 29.4 Å². The fourth-order valence-electron chi connectivity index (χ4n) is 4.40. The molecule has 166 valence electrons. The Balaban J connectivity index is 1.24. The molecule has 1 atom stereocenters. The Hall–Kier alpha value is -3.86. The fraction of sp³-hybridized carbons (Fsp3) is 0.214. The second-order valence-corrected chi connectivity index (χ2v) is 8.50. The van der Waals surface area contributed by atoms with E-state index in [0.717, 1.165) is 52.9 Å². The van der Waals surface area contributed by atoms with Gasteiger partial charge in [-0.1, -0.05) is 30.3 Å². The quantitative estimate of drug-likeness (QED) is 0.229. The maximum absolute atomic E-state index is 5.46. The van der Waals surface area contributed by atoms with Crippen molar-refractivity contribution >= 4 is 44.0 Å². The number of aromatic amines is 1. The van der Waals surface area contributed by atoms with E-state index in [1.807, 2.05) is 30.6 Å². The normalized spacial score (nSPS) is 12.2. The molecule has 5 rings (SSSR count). The number of nitrogens with one attached hydrogen (secondary N) is 3. The number of benzene rings is 3. The van der Waals surface area contributed by atoms with Crippen molar-refractivity contribution in [2.24, 2.45) is 0 Å². The molecule has 3 N–H and O–H groups in total. The molecule has 0 aliphatic carbocycles. The lowest BCUT2D eigenvalue weighted by molar-refractivity contribution is -0.344. The number of rotatable bonds is 8. The highest BCUT2D eigenvalue weighted by atomic mass is 16.5. The van der Waals surface area contributed by atoms with Gasteiger partial charge in [-0.2, -0.15) is 0 Å². The van der Waals surface area contributed by atoms with Crippen LogP contribution in [0.3, 0.4) is 0 Å². The van der Waals surface area contributed by atoms with Crippen molar-refractivity contribution in [2.75, 3.05) is 24.3 Å². The number of pyridine rings is 2. The van der Waals surface area contributed by atoms with Crippen LogP contribution < -0.4 is 20.4 Å². The second-order valence-electron chi connectivity index (χ2n) is 8.50. The maximum atomic E-state index is 5.46. The smallest absolute Gasteiger partial charge is 0.213 e. The van der Waals surface area contributed by atoms with Crippen molar-refractivity contribution in [1.82, 2.24) is 4.98 Å². The van der Waals surface area contributed by atoms with Crippen LogP contribution in [0.2, 0.25) is 0 Å². The molecule has 5 nitrogen and oxygen atoms in total. The van der Waals surface area contributed by atoms with Gasteiger partial charge in [-0.05, 0) is 48.7 Å². The summed E-state index contributed by atoms with van der Waals surface area (Å²) in [6.45, 7) is 3.12. The van der Waals surface area contributed by atoms with Gasteiger partial charge in [0.1, 0.15) is 5.75 Å². The number of H-pyrrole nitrogens is 1. The first kappa shape index (κ1) is 21.0. The first-order valence-electron chi connectivity index (χ1n) is 11.5. The SMILES string of the molecule is COc1cc(NCCC[C@@H](C)Nc2cc[nH+]c3cc4ccccc4cc23)c2ncccc2c1. The average molecular weight is 438 g/mol. The Labute approximate surface area is 193 Å². The largest absolute Gasteiger partial charge is 0.497 e. The molecular weight excluding hydrogens is 408 g/mol. The van der Waals surface area contributed by atoms with Crippen LogP contribution >= 0.6 is 0 Å². The molecule has 0 aliphatic heterocycles. The first-order chi connectivity index (χ1) is 16.2. The molecular formula is C28H29N4O+. The highest BCUT2D eigenvalue weighted by Gasteiger charge is 2.11. The summed E-state index contributed by atoms with van der Waals surface area (Å²) in [5, 5.41) is 12.1. The summed E-state index contributed by atoms with van der Waals surface area (Å²) in [4.78, 5) is 7.93. The van der Waals surface area contributed by atoms with E-state index in [2.05, 4.69) is 76.1 Å². The number of hydrogen-bond acceptors (Lipinski definition) is 4. The standard InChI is InChI=1S/C28H28N4O/c1-19(7-5-12-29-27-18-23(33-2)15-22-10-6-13-31-28(22)27)32-25-11-14-30-26-17-21-9-4-3-8-20(21)16-24(25)26/h3-4,6,8-11,13-19,29H,5,7,12H2,1-2H3,(H,30,32)/p+1/t19-/m1/s1. The van der Waals surface area contributed by atoms with Crippen molar-refractivity contribution in [3.05, 3.63) is 79.1 Å². The molecule has 5 aromatic rings. The molecule has 0 saturated heterocycles. The van der Waals surface area contributed by atoms with Gasteiger partial charge in [-0.15, -0.1) is 0 Å². The Bertz CT molecular complexity index is 1420. The lowest BCUT2D eigenvalue weighted by atomic mass is 10.1. The topological polar surface area (TPSA) is 60.3 Å². The van der Waals surface area contributed by atoms with Crippen LogP contribution in [0.5, 0.6) is 5.75 Å². The third kappa shape index (κ3) is 4.53. The van der Waals surface area contributed by atoms with E-state index < -0.39 is 0 Å². The Kier molecular flexibility index (Phi) is 5.94. The van der Waals surface area contributed by atoms with Gasteiger partial charge in [-0.25, -0.2) is 4.98 Å². The monoisotopic (exact) mass is 437 g/mol. The molecule has 0 unspecified atom stereocenters. The second kappa shape index (κ2) is 9.33. The zero-order valence-corrected chi connectivity index (χ0v) is 19.1. The van der Waals surface area contributed by atoms with Crippen LogP contribution in [-0.4, -0.2) is 24.7 Å². The molecule has 2 aromatic heterocycles. The van der Waals surface area contributed by atoms with Crippen molar-refractivity contribution in [1.29, 1.82) is 0 Å². The number of nitrogens with zero attached hydrogens (tertiary/aromatic N) is 1. The van der Waals surface area contributed by atoms with Gasteiger partial charge in [-0.3, -0.25) is 4.98 Å². The molecule has 3 aromatic carbocycles. The van der Waals surface area contributed by atoms with Crippen LogP contribution in [0, 0.1) is 0 Å². The van der Waals surface area contributed by atoms with E-state index >= 15 is 0 Å². The summed E-state index contributed by atoms with van der Waals surface area (Å²) < 4.78 is 5.46. The number of aromatic nitrogens is 2. The predicted octanol–water partition coefficient (Wildman–Crippen LogP) is 6.06. The van der Waals surface area contributed by atoms with Gasteiger partial charge in [0.15, 0.2) is 6.20 Å². The van der Waals surface area contributed by atoms with Gasteiger partial charge in [0.2, 0.25) is 5.52 Å². The number of anilines is 2. The van der Waals surface area contributed by atoms with E-state index in [1.165, 1.54) is 16.2 Å². The van der Waals surface area contributed by atoms with E-state index in [0.29, 0.717) is 6.04 Å². The lowest BCUT2D eigenvalue weighted by Crippen LogP contribution is -2.18. The molecule has 33 heavy (non-hydrogen) atoms. The van der Waals surface area contributed by atoms with Crippen LogP contribution in [-0.2, 0) is 0 Å². The number of methoxy groups -OCH3 is 1.